The number of hydrogen-bond donors (Lipinski definition) is 1. The standard InChI is InChI=1S/C14H23N3O/c1-3-13-10-18-7-6-17(13)14(8-15)12-5-4-11(2)16-9-12/h4-5,9,13-14H,3,6-8,10,15H2,1-2H3. The molecular formula is C14H23N3O. The van der Waals surface area contributed by atoms with Crippen molar-refractivity contribution in [3.63, 3.8) is 0 Å². The fourth-order valence-corrected chi connectivity index (χ4v) is 2.57. The number of aryl methyl sites for hydroxylation is 1. The fraction of sp³-hybridized carbons (Fsp3) is 0.643. The lowest BCUT2D eigenvalue weighted by Crippen LogP contribution is -2.48. The second-order valence-electron chi connectivity index (χ2n) is 4.86. The summed E-state index contributed by atoms with van der Waals surface area (Å²) in [7, 11) is 0. The van der Waals surface area contributed by atoms with Gasteiger partial charge in [-0.1, -0.05) is 13.0 Å². The number of pyridine rings is 1. The Hall–Kier alpha value is -0.970. The molecule has 2 rings (SSSR count). The van der Waals surface area contributed by atoms with Crippen LogP contribution in [-0.2, 0) is 4.74 Å². The molecule has 1 aliphatic rings. The Balaban J connectivity index is 2.18. The highest BCUT2D eigenvalue weighted by Gasteiger charge is 2.28. The monoisotopic (exact) mass is 249 g/mol. The van der Waals surface area contributed by atoms with Crippen molar-refractivity contribution in [1.29, 1.82) is 0 Å². The summed E-state index contributed by atoms with van der Waals surface area (Å²) < 4.78 is 5.55. The largest absolute Gasteiger partial charge is 0.378 e. The molecule has 1 aromatic rings. The molecule has 1 aromatic heterocycles. The van der Waals surface area contributed by atoms with Gasteiger partial charge in [0.25, 0.3) is 0 Å². The van der Waals surface area contributed by atoms with Crippen LogP contribution in [0.25, 0.3) is 0 Å². The van der Waals surface area contributed by atoms with Crippen molar-refractivity contribution < 1.29 is 4.74 Å². The molecule has 0 radical (unpaired) electrons. The van der Waals surface area contributed by atoms with Crippen LogP contribution in [0.1, 0.15) is 30.6 Å². The summed E-state index contributed by atoms with van der Waals surface area (Å²) in [5, 5.41) is 0. The topological polar surface area (TPSA) is 51.4 Å². The average Bonchev–Trinajstić information content (AvgIpc) is 2.42. The molecule has 0 spiro atoms. The van der Waals surface area contributed by atoms with Crippen molar-refractivity contribution in [1.82, 2.24) is 9.88 Å². The molecule has 2 atom stereocenters. The smallest absolute Gasteiger partial charge is 0.0622 e. The van der Waals surface area contributed by atoms with E-state index in [1.807, 2.05) is 13.1 Å². The van der Waals surface area contributed by atoms with Crippen molar-refractivity contribution in [2.75, 3.05) is 26.3 Å². The van der Waals surface area contributed by atoms with Crippen molar-refractivity contribution in [2.24, 2.45) is 5.73 Å². The minimum atomic E-state index is 0.256. The van der Waals surface area contributed by atoms with Gasteiger partial charge in [0.05, 0.1) is 13.2 Å². The molecular weight excluding hydrogens is 226 g/mol. The van der Waals surface area contributed by atoms with Gasteiger partial charge in [-0.25, -0.2) is 0 Å². The SMILES string of the molecule is CCC1COCCN1C(CN)c1ccc(C)nc1. The number of nitrogens with zero attached hydrogens (tertiary/aromatic N) is 2. The summed E-state index contributed by atoms with van der Waals surface area (Å²) in [5.74, 6) is 0. The maximum absolute atomic E-state index is 5.98. The molecule has 0 aliphatic carbocycles. The van der Waals surface area contributed by atoms with Crippen LogP contribution in [0.3, 0.4) is 0 Å². The van der Waals surface area contributed by atoms with Crippen molar-refractivity contribution in [2.45, 2.75) is 32.4 Å². The Labute approximate surface area is 109 Å². The molecule has 4 heteroatoms. The van der Waals surface area contributed by atoms with Crippen LogP contribution in [0.4, 0.5) is 0 Å². The second-order valence-corrected chi connectivity index (χ2v) is 4.86. The van der Waals surface area contributed by atoms with Gasteiger partial charge in [-0.2, -0.15) is 0 Å². The molecule has 1 fully saturated rings. The summed E-state index contributed by atoms with van der Waals surface area (Å²) in [6.45, 7) is 7.40. The first-order valence-corrected chi connectivity index (χ1v) is 6.72. The van der Waals surface area contributed by atoms with Crippen LogP contribution in [0, 0.1) is 6.92 Å². The summed E-state index contributed by atoms with van der Waals surface area (Å²) in [6.07, 6.45) is 3.05. The van der Waals surface area contributed by atoms with Gasteiger partial charge in [-0.15, -0.1) is 0 Å². The molecule has 2 unspecified atom stereocenters. The van der Waals surface area contributed by atoms with E-state index in [-0.39, 0.29) is 6.04 Å². The van der Waals surface area contributed by atoms with E-state index in [1.54, 1.807) is 0 Å². The molecule has 0 amide bonds. The highest BCUT2D eigenvalue weighted by Crippen LogP contribution is 2.24. The van der Waals surface area contributed by atoms with Crippen LogP contribution in [-0.4, -0.2) is 42.2 Å². The summed E-state index contributed by atoms with van der Waals surface area (Å²) in [6, 6.07) is 4.92. The molecule has 4 nitrogen and oxygen atoms in total. The Morgan fingerprint density at radius 2 is 2.39 bits per heavy atom. The van der Waals surface area contributed by atoms with Gasteiger partial charge >= 0.3 is 0 Å². The predicted octanol–water partition coefficient (Wildman–Crippen LogP) is 1.50. The maximum Gasteiger partial charge on any atom is 0.0622 e. The van der Waals surface area contributed by atoms with Gasteiger partial charge in [-0.3, -0.25) is 9.88 Å². The van der Waals surface area contributed by atoms with Crippen molar-refractivity contribution >= 4 is 0 Å². The number of rotatable bonds is 4. The molecule has 0 aromatic carbocycles. The highest BCUT2D eigenvalue weighted by atomic mass is 16.5. The molecule has 0 saturated carbocycles. The number of morpholine rings is 1. The van der Waals surface area contributed by atoms with E-state index in [0.29, 0.717) is 12.6 Å². The van der Waals surface area contributed by atoms with E-state index in [1.165, 1.54) is 5.56 Å². The normalized spacial score (nSPS) is 22.9. The first-order valence-electron chi connectivity index (χ1n) is 6.72. The van der Waals surface area contributed by atoms with E-state index in [0.717, 1.165) is 31.9 Å². The molecule has 2 N–H and O–H groups in total. The number of ether oxygens (including phenoxy) is 1. The quantitative estimate of drug-likeness (QED) is 0.878. The molecule has 1 aliphatic heterocycles. The zero-order chi connectivity index (χ0) is 13.0. The first kappa shape index (κ1) is 13.5. The lowest BCUT2D eigenvalue weighted by Gasteiger charge is -2.40. The third kappa shape index (κ3) is 2.88. The summed E-state index contributed by atoms with van der Waals surface area (Å²) in [5.41, 5.74) is 8.24. The number of aromatic nitrogens is 1. The van der Waals surface area contributed by atoms with E-state index >= 15 is 0 Å². The van der Waals surface area contributed by atoms with Gasteiger partial charge < -0.3 is 10.5 Å². The van der Waals surface area contributed by atoms with Crippen LogP contribution >= 0.6 is 0 Å². The Morgan fingerprint density at radius 3 is 3.00 bits per heavy atom. The van der Waals surface area contributed by atoms with E-state index in [2.05, 4.69) is 28.9 Å². The van der Waals surface area contributed by atoms with Crippen LogP contribution < -0.4 is 5.73 Å². The zero-order valence-electron chi connectivity index (χ0n) is 11.3. The minimum Gasteiger partial charge on any atom is -0.378 e. The number of hydrogen-bond acceptors (Lipinski definition) is 4. The van der Waals surface area contributed by atoms with Crippen molar-refractivity contribution in [3.8, 4) is 0 Å². The molecule has 0 bridgehead atoms. The van der Waals surface area contributed by atoms with Gasteiger partial charge in [0.15, 0.2) is 0 Å². The second kappa shape index (κ2) is 6.27. The fourth-order valence-electron chi connectivity index (χ4n) is 2.57. The number of nitrogens with two attached hydrogens (primary N) is 1. The zero-order valence-corrected chi connectivity index (χ0v) is 11.3. The van der Waals surface area contributed by atoms with Gasteiger partial charge in [0, 0.05) is 37.1 Å². The van der Waals surface area contributed by atoms with Crippen LogP contribution in [0.5, 0.6) is 0 Å². The third-order valence-corrected chi connectivity index (χ3v) is 3.69. The Bertz CT molecular complexity index is 366. The maximum atomic E-state index is 5.98. The first-order chi connectivity index (χ1) is 8.76. The van der Waals surface area contributed by atoms with Crippen LogP contribution in [0.15, 0.2) is 18.3 Å². The highest BCUT2D eigenvalue weighted by molar-refractivity contribution is 5.18. The van der Waals surface area contributed by atoms with Crippen LogP contribution in [0.2, 0.25) is 0 Å². The minimum absolute atomic E-state index is 0.256. The molecule has 2 heterocycles. The molecule has 100 valence electrons. The Morgan fingerprint density at radius 1 is 1.56 bits per heavy atom. The van der Waals surface area contributed by atoms with E-state index in [9.17, 15) is 0 Å². The third-order valence-electron chi connectivity index (χ3n) is 3.69. The predicted molar refractivity (Wildman–Crippen MR) is 72.4 cm³/mol. The summed E-state index contributed by atoms with van der Waals surface area (Å²) in [4.78, 5) is 6.85. The van der Waals surface area contributed by atoms with E-state index in [4.69, 9.17) is 10.5 Å². The Kier molecular flexibility index (Phi) is 4.69. The average molecular weight is 249 g/mol. The van der Waals surface area contributed by atoms with Gasteiger partial charge in [-0.05, 0) is 25.0 Å². The van der Waals surface area contributed by atoms with E-state index < -0.39 is 0 Å². The summed E-state index contributed by atoms with van der Waals surface area (Å²) >= 11 is 0. The van der Waals surface area contributed by atoms with Gasteiger partial charge in [0.1, 0.15) is 0 Å². The van der Waals surface area contributed by atoms with Gasteiger partial charge in [0.2, 0.25) is 0 Å². The lowest BCUT2D eigenvalue weighted by atomic mass is 10.0. The molecule has 18 heavy (non-hydrogen) atoms. The lowest BCUT2D eigenvalue weighted by molar-refractivity contribution is -0.0291. The molecule has 1 saturated heterocycles. The van der Waals surface area contributed by atoms with Crippen molar-refractivity contribution in [3.05, 3.63) is 29.6 Å².